The van der Waals surface area contributed by atoms with E-state index in [0.717, 1.165) is 16.8 Å². The van der Waals surface area contributed by atoms with Crippen molar-refractivity contribution in [2.24, 2.45) is 0 Å². The number of benzene rings is 1. The van der Waals surface area contributed by atoms with Crippen molar-refractivity contribution >= 4 is 29.1 Å². The van der Waals surface area contributed by atoms with Gasteiger partial charge in [-0.05, 0) is 43.2 Å². The van der Waals surface area contributed by atoms with Gasteiger partial charge in [-0.15, -0.1) is 0 Å². The van der Waals surface area contributed by atoms with Crippen LogP contribution >= 0.6 is 11.6 Å². The van der Waals surface area contributed by atoms with Crippen LogP contribution in [0.3, 0.4) is 0 Å². The van der Waals surface area contributed by atoms with E-state index in [9.17, 15) is 4.79 Å². The van der Waals surface area contributed by atoms with Crippen molar-refractivity contribution in [3.63, 3.8) is 0 Å². The number of aryl methyl sites for hydroxylation is 2. The molecule has 0 unspecified atom stereocenters. The van der Waals surface area contributed by atoms with Crippen molar-refractivity contribution in [1.82, 2.24) is 4.98 Å². The summed E-state index contributed by atoms with van der Waals surface area (Å²) in [7, 11) is 0. The Morgan fingerprint density at radius 2 is 2.05 bits per heavy atom. The van der Waals surface area contributed by atoms with E-state index >= 15 is 0 Å². The molecule has 1 heterocycles. The van der Waals surface area contributed by atoms with Crippen molar-refractivity contribution in [2.45, 2.75) is 13.8 Å². The Bertz CT molecular complexity index is 601. The van der Waals surface area contributed by atoms with E-state index in [1.165, 1.54) is 12.3 Å². The van der Waals surface area contributed by atoms with Gasteiger partial charge >= 0.3 is 5.97 Å². The van der Waals surface area contributed by atoms with Crippen LogP contribution in [-0.4, -0.2) is 16.1 Å². The Labute approximate surface area is 116 Å². The summed E-state index contributed by atoms with van der Waals surface area (Å²) < 4.78 is 0. The summed E-state index contributed by atoms with van der Waals surface area (Å²) in [6, 6.07) is 6.98. The fourth-order valence-electron chi connectivity index (χ4n) is 1.80. The fraction of sp³-hybridized carbons (Fsp3) is 0.143. The number of carbonyl (C=O) groups is 1. The van der Waals surface area contributed by atoms with Crippen LogP contribution in [-0.2, 0) is 0 Å². The minimum Gasteiger partial charge on any atom is -0.478 e. The van der Waals surface area contributed by atoms with E-state index in [2.05, 4.69) is 10.3 Å². The largest absolute Gasteiger partial charge is 0.478 e. The van der Waals surface area contributed by atoms with Crippen LogP contribution in [0.4, 0.5) is 11.5 Å². The second kappa shape index (κ2) is 5.28. The van der Waals surface area contributed by atoms with E-state index in [1.807, 2.05) is 26.0 Å². The molecule has 0 spiro atoms. The summed E-state index contributed by atoms with van der Waals surface area (Å²) in [6.07, 6.45) is 1.31. The molecule has 1 aromatic carbocycles. The van der Waals surface area contributed by atoms with Gasteiger partial charge in [-0.3, -0.25) is 0 Å². The number of hydrogen-bond donors (Lipinski definition) is 2. The Hall–Kier alpha value is -2.07. The first kappa shape index (κ1) is 13.4. The van der Waals surface area contributed by atoms with Gasteiger partial charge in [0.05, 0.1) is 16.3 Å². The van der Waals surface area contributed by atoms with Crippen molar-refractivity contribution in [3.8, 4) is 0 Å². The van der Waals surface area contributed by atoms with Gasteiger partial charge in [0.1, 0.15) is 5.82 Å². The lowest BCUT2D eigenvalue weighted by Gasteiger charge is -2.12. The third kappa shape index (κ3) is 3.03. The molecule has 0 amide bonds. The second-order valence-electron chi connectivity index (χ2n) is 4.30. The fourth-order valence-corrected chi connectivity index (χ4v) is 2.16. The summed E-state index contributed by atoms with van der Waals surface area (Å²) in [5.74, 6) is -0.442. The summed E-state index contributed by atoms with van der Waals surface area (Å²) in [5.41, 5.74) is 3.02. The normalized spacial score (nSPS) is 10.3. The maximum atomic E-state index is 10.7. The topological polar surface area (TPSA) is 62.2 Å². The Kier molecular flexibility index (Phi) is 3.71. The van der Waals surface area contributed by atoms with E-state index in [1.54, 1.807) is 6.07 Å². The molecular weight excluding hydrogens is 264 g/mol. The number of anilines is 2. The maximum Gasteiger partial charge on any atom is 0.337 e. The third-order valence-corrected chi connectivity index (χ3v) is 2.99. The number of pyridine rings is 1. The monoisotopic (exact) mass is 276 g/mol. The molecule has 2 N–H and O–H groups in total. The number of aromatic carboxylic acids is 1. The summed E-state index contributed by atoms with van der Waals surface area (Å²) in [5, 5.41) is 12.5. The predicted octanol–water partition coefficient (Wildman–Crippen LogP) is 3.79. The van der Waals surface area contributed by atoms with E-state index in [4.69, 9.17) is 16.7 Å². The van der Waals surface area contributed by atoms with Gasteiger partial charge in [-0.1, -0.05) is 17.7 Å². The molecule has 0 aliphatic carbocycles. The molecule has 4 nitrogen and oxygen atoms in total. The van der Waals surface area contributed by atoms with Crippen molar-refractivity contribution in [3.05, 3.63) is 52.2 Å². The molecular formula is C14H13ClN2O2. The number of rotatable bonds is 3. The summed E-state index contributed by atoms with van der Waals surface area (Å²) in [6.45, 7) is 3.93. The van der Waals surface area contributed by atoms with Crippen LogP contribution in [0.15, 0.2) is 30.5 Å². The predicted molar refractivity (Wildman–Crippen MR) is 75.4 cm³/mol. The second-order valence-corrected chi connectivity index (χ2v) is 4.71. The standard InChI is InChI=1S/C14H13ClN2O2/c1-8-5-9(2)13(11(15)6-8)17-12-4-3-10(7-16-12)14(18)19/h3-7H,1-2H3,(H,16,17)(H,18,19). The van der Waals surface area contributed by atoms with E-state index in [0.29, 0.717) is 10.8 Å². The van der Waals surface area contributed by atoms with E-state index in [-0.39, 0.29) is 5.56 Å². The molecule has 0 saturated heterocycles. The number of aromatic nitrogens is 1. The molecule has 0 aliphatic heterocycles. The van der Waals surface area contributed by atoms with E-state index < -0.39 is 5.97 Å². The van der Waals surface area contributed by atoms with Crippen LogP contribution in [0.2, 0.25) is 5.02 Å². The SMILES string of the molecule is Cc1cc(C)c(Nc2ccc(C(=O)O)cn2)c(Cl)c1. The number of halogens is 1. The number of hydrogen-bond acceptors (Lipinski definition) is 3. The highest BCUT2D eigenvalue weighted by Gasteiger charge is 2.07. The zero-order chi connectivity index (χ0) is 14.0. The van der Waals surface area contributed by atoms with Crippen LogP contribution in [0.5, 0.6) is 0 Å². The zero-order valence-corrected chi connectivity index (χ0v) is 11.3. The highest BCUT2D eigenvalue weighted by molar-refractivity contribution is 6.33. The third-order valence-electron chi connectivity index (χ3n) is 2.70. The van der Waals surface area contributed by atoms with Gasteiger partial charge in [0.25, 0.3) is 0 Å². The van der Waals surface area contributed by atoms with Crippen molar-refractivity contribution < 1.29 is 9.90 Å². The zero-order valence-electron chi connectivity index (χ0n) is 10.6. The molecule has 0 aliphatic rings. The number of nitrogens with zero attached hydrogens (tertiary/aromatic N) is 1. The molecule has 0 radical (unpaired) electrons. The van der Waals surface area contributed by atoms with Gasteiger partial charge in [-0.2, -0.15) is 0 Å². The molecule has 0 atom stereocenters. The first-order valence-corrected chi connectivity index (χ1v) is 6.08. The Morgan fingerprint density at radius 1 is 1.32 bits per heavy atom. The van der Waals surface area contributed by atoms with Crippen molar-refractivity contribution in [2.75, 3.05) is 5.32 Å². The lowest BCUT2D eigenvalue weighted by Crippen LogP contribution is -2.00. The Morgan fingerprint density at radius 3 is 2.58 bits per heavy atom. The summed E-state index contributed by atoms with van der Waals surface area (Å²) >= 11 is 6.18. The minimum absolute atomic E-state index is 0.150. The van der Waals surface area contributed by atoms with Crippen LogP contribution < -0.4 is 5.32 Å². The summed E-state index contributed by atoms with van der Waals surface area (Å²) in [4.78, 5) is 14.8. The van der Waals surface area contributed by atoms with Crippen molar-refractivity contribution in [1.29, 1.82) is 0 Å². The smallest absolute Gasteiger partial charge is 0.337 e. The van der Waals surface area contributed by atoms with Gasteiger partial charge < -0.3 is 10.4 Å². The molecule has 0 saturated carbocycles. The van der Waals surface area contributed by atoms with Gasteiger partial charge in [0.15, 0.2) is 0 Å². The number of nitrogens with one attached hydrogen (secondary N) is 1. The number of carboxylic acid groups (broad SMARTS) is 1. The molecule has 19 heavy (non-hydrogen) atoms. The quantitative estimate of drug-likeness (QED) is 0.895. The molecule has 0 fully saturated rings. The average Bonchev–Trinajstić information content (AvgIpc) is 2.34. The first-order valence-electron chi connectivity index (χ1n) is 5.70. The molecule has 2 rings (SSSR count). The van der Waals surface area contributed by atoms with Gasteiger partial charge in [-0.25, -0.2) is 9.78 Å². The lowest BCUT2D eigenvalue weighted by atomic mass is 10.1. The molecule has 5 heteroatoms. The van der Waals surface area contributed by atoms with Gasteiger partial charge in [0.2, 0.25) is 0 Å². The van der Waals surface area contributed by atoms with Crippen LogP contribution in [0, 0.1) is 13.8 Å². The van der Waals surface area contributed by atoms with Gasteiger partial charge in [0, 0.05) is 6.20 Å². The Balaban J connectivity index is 2.29. The highest BCUT2D eigenvalue weighted by atomic mass is 35.5. The molecule has 98 valence electrons. The molecule has 2 aromatic rings. The van der Waals surface area contributed by atoms with Crippen LogP contribution in [0.1, 0.15) is 21.5 Å². The first-order chi connectivity index (χ1) is 8.97. The van der Waals surface area contributed by atoms with Crippen LogP contribution in [0.25, 0.3) is 0 Å². The minimum atomic E-state index is -0.997. The highest BCUT2D eigenvalue weighted by Crippen LogP contribution is 2.29. The maximum absolute atomic E-state index is 10.7. The molecule has 1 aromatic heterocycles. The molecule has 0 bridgehead atoms. The average molecular weight is 277 g/mol. The number of carboxylic acids is 1. The lowest BCUT2D eigenvalue weighted by molar-refractivity contribution is 0.0696.